The number of rotatable bonds is 6. The number of nitrogens with one attached hydrogen (secondary N) is 2. The normalized spacial score (nSPS) is 11.1. The molecule has 0 aliphatic rings. The molecular formula is C22H20N6O3. The lowest BCUT2D eigenvalue weighted by Gasteiger charge is -2.14. The molecule has 3 heterocycles. The van der Waals surface area contributed by atoms with Crippen LogP contribution in [0.2, 0.25) is 0 Å². The summed E-state index contributed by atoms with van der Waals surface area (Å²) in [4.78, 5) is 12.4. The fourth-order valence-electron chi connectivity index (χ4n) is 3.62. The molecule has 0 atom stereocenters. The van der Waals surface area contributed by atoms with Crippen molar-refractivity contribution in [2.75, 3.05) is 26.6 Å². The number of nitrogens with zero attached hydrogens (tertiary/aromatic N) is 4. The van der Waals surface area contributed by atoms with Crippen LogP contribution in [0.5, 0.6) is 17.2 Å². The number of aromatic nitrogens is 5. The maximum atomic E-state index is 5.42. The zero-order chi connectivity index (χ0) is 21.4. The average molecular weight is 416 g/mol. The van der Waals surface area contributed by atoms with Gasteiger partial charge in [-0.15, -0.1) is 5.10 Å². The molecule has 2 N–H and O–H groups in total. The molecule has 0 spiro atoms. The van der Waals surface area contributed by atoms with E-state index in [-0.39, 0.29) is 0 Å². The smallest absolute Gasteiger partial charge is 0.247 e. The van der Waals surface area contributed by atoms with E-state index < -0.39 is 0 Å². The van der Waals surface area contributed by atoms with Crippen LogP contribution in [-0.4, -0.2) is 45.9 Å². The van der Waals surface area contributed by atoms with Crippen LogP contribution in [0.15, 0.2) is 54.9 Å². The van der Waals surface area contributed by atoms with Crippen molar-refractivity contribution in [2.24, 2.45) is 0 Å². The Bertz CT molecular complexity index is 1370. The molecule has 31 heavy (non-hydrogen) atoms. The highest BCUT2D eigenvalue weighted by Gasteiger charge is 2.16. The quantitative estimate of drug-likeness (QED) is 0.431. The van der Waals surface area contributed by atoms with Gasteiger partial charge >= 0.3 is 0 Å². The van der Waals surface area contributed by atoms with Crippen molar-refractivity contribution >= 4 is 28.2 Å². The SMILES string of the molecule is COc1cc(Nc2nc3ccnc(-c4cccc5[nH]ccc45)n3n2)cc(OC)c1OC. The lowest BCUT2D eigenvalue weighted by molar-refractivity contribution is 0.324. The van der Waals surface area contributed by atoms with Crippen LogP contribution in [0.4, 0.5) is 11.6 Å². The fraction of sp³-hybridized carbons (Fsp3) is 0.136. The van der Waals surface area contributed by atoms with Crippen molar-refractivity contribution < 1.29 is 14.2 Å². The van der Waals surface area contributed by atoms with Gasteiger partial charge in [-0.05, 0) is 12.1 Å². The molecule has 0 bridgehead atoms. The van der Waals surface area contributed by atoms with Gasteiger partial charge in [-0.3, -0.25) is 0 Å². The Labute approximate surface area is 177 Å². The van der Waals surface area contributed by atoms with Gasteiger partial charge in [0.2, 0.25) is 11.7 Å². The standard InChI is InChI=1S/C22H20N6O3/c1-29-17-11-13(12-18(30-2)20(17)31-3)25-22-26-19-8-10-24-21(28(19)27-22)15-5-4-6-16-14(15)7-9-23-16/h4-12,23H,1-3H3,(H,25,27). The Kier molecular flexibility index (Phi) is 4.55. The van der Waals surface area contributed by atoms with Crippen molar-refractivity contribution in [2.45, 2.75) is 0 Å². The molecule has 3 aromatic heterocycles. The number of methoxy groups -OCH3 is 3. The summed E-state index contributed by atoms with van der Waals surface area (Å²) in [5.74, 6) is 2.71. The predicted octanol–water partition coefficient (Wildman–Crippen LogP) is 4.04. The van der Waals surface area contributed by atoms with E-state index in [4.69, 9.17) is 14.2 Å². The van der Waals surface area contributed by atoms with Gasteiger partial charge < -0.3 is 24.5 Å². The summed E-state index contributed by atoms with van der Waals surface area (Å²) in [5, 5.41) is 8.92. The van der Waals surface area contributed by atoms with E-state index in [2.05, 4.69) is 25.4 Å². The maximum absolute atomic E-state index is 5.42. The predicted molar refractivity (Wildman–Crippen MR) is 117 cm³/mol. The lowest BCUT2D eigenvalue weighted by atomic mass is 10.1. The Balaban J connectivity index is 1.58. The summed E-state index contributed by atoms with van der Waals surface area (Å²) < 4.78 is 17.9. The average Bonchev–Trinajstić information content (AvgIpc) is 3.44. The topological polar surface area (TPSA) is 98.6 Å². The summed E-state index contributed by atoms with van der Waals surface area (Å²) in [6.07, 6.45) is 3.64. The number of benzene rings is 2. The fourth-order valence-corrected chi connectivity index (χ4v) is 3.62. The first kappa shape index (κ1) is 18.7. The van der Waals surface area contributed by atoms with Gasteiger partial charge in [0.15, 0.2) is 23.0 Å². The molecule has 0 amide bonds. The number of ether oxygens (including phenoxy) is 3. The van der Waals surface area contributed by atoms with Crippen LogP contribution in [0.3, 0.4) is 0 Å². The summed E-state index contributed by atoms with van der Waals surface area (Å²) in [5.41, 5.74) is 3.38. The molecule has 9 nitrogen and oxygen atoms in total. The van der Waals surface area contributed by atoms with Gasteiger partial charge in [-0.25, -0.2) is 4.98 Å². The number of H-pyrrole nitrogens is 1. The second-order valence-electron chi connectivity index (χ2n) is 6.76. The van der Waals surface area contributed by atoms with Crippen LogP contribution in [0, 0.1) is 0 Å². The van der Waals surface area contributed by atoms with Crippen molar-refractivity contribution in [3.05, 3.63) is 54.9 Å². The van der Waals surface area contributed by atoms with E-state index in [1.165, 1.54) is 0 Å². The van der Waals surface area contributed by atoms with E-state index >= 15 is 0 Å². The zero-order valence-corrected chi connectivity index (χ0v) is 17.2. The van der Waals surface area contributed by atoms with Crippen LogP contribution in [-0.2, 0) is 0 Å². The van der Waals surface area contributed by atoms with Gasteiger partial charge in [0.1, 0.15) is 0 Å². The van der Waals surface area contributed by atoms with Crippen LogP contribution < -0.4 is 19.5 Å². The minimum absolute atomic E-state index is 0.421. The minimum Gasteiger partial charge on any atom is -0.493 e. The third-order valence-corrected chi connectivity index (χ3v) is 5.01. The Morgan fingerprint density at radius 2 is 1.77 bits per heavy atom. The molecule has 5 rings (SSSR count). The second-order valence-corrected chi connectivity index (χ2v) is 6.76. The highest BCUT2D eigenvalue weighted by atomic mass is 16.5. The molecular weight excluding hydrogens is 396 g/mol. The first-order chi connectivity index (χ1) is 15.2. The monoisotopic (exact) mass is 416 g/mol. The summed E-state index contributed by atoms with van der Waals surface area (Å²) in [6.45, 7) is 0. The Hall–Kier alpha value is -4.27. The first-order valence-corrected chi connectivity index (χ1v) is 9.57. The van der Waals surface area contributed by atoms with E-state index in [1.807, 2.05) is 36.5 Å². The maximum Gasteiger partial charge on any atom is 0.247 e. The van der Waals surface area contributed by atoms with Crippen molar-refractivity contribution in [3.8, 4) is 28.6 Å². The molecule has 0 saturated heterocycles. The highest BCUT2D eigenvalue weighted by Crippen LogP contribution is 2.40. The van der Waals surface area contributed by atoms with E-state index in [1.54, 1.807) is 44.2 Å². The second kappa shape index (κ2) is 7.52. The van der Waals surface area contributed by atoms with Crippen LogP contribution in [0.1, 0.15) is 0 Å². The molecule has 2 aromatic carbocycles. The van der Waals surface area contributed by atoms with Crippen LogP contribution in [0.25, 0.3) is 27.9 Å². The van der Waals surface area contributed by atoms with Gasteiger partial charge in [0.05, 0.1) is 21.3 Å². The number of aromatic amines is 1. The number of hydrogen-bond acceptors (Lipinski definition) is 7. The molecule has 0 saturated carbocycles. The number of anilines is 2. The van der Waals surface area contributed by atoms with Gasteiger partial charge in [-0.1, -0.05) is 12.1 Å². The van der Waals surface area contributed by atoms with Crippen molar-refractivity contribution in [1.82, 2.24) is 24.6 Å². The summed E-state index contributed by atoms with van der Waals surface area (Å²) in [6, 6.07) is 13.5. The highest BCUT2D eigenvalue weighted by molar-refractivity contribution is 5.93. The third kappa shape index (κ3) is 3.16. The summed E-state index contributed by atoms with van der Waals surface area (Å²) in [7, 11) is 4.71. The minimum atomic E-state index is 0.421. The van der Waals surface area contributed by atoms with Gasteiger partial charge in [-0.2, -0.15) is 9.50 Å². The zero-order valence-electron chi connectivity index (χ0n) is 17.2. The molecule has 156 valence electrons. The van der Waals surface area contributed by atoms with E-state index in [0.717, 1.165) is 16.5 Å². The molecule has 0 aliphatic carbocycles. The van der Waals surface area contributed by atoms with Gasteiger partial charge in [0.25, 0.3) is 0 Å². The molecule has 5 aromatic rings. The molecule has 0 radical (unpaired) electrons. The lowest BCUT2D eigenvalue weighted by Crippen LogP contribution is -2.00. The largest absolute Gasteiger partial charge is 0.493 e. The Morgan fingerprint density at radius 1 is 0.968 bits per heavy atom. The van der Waals surface area contributed by atoms with E-state index in [9.17, 15) is 0 Å². The van der Waals surface area contributed by atoms with Gasteiger partial charge in [0, 0.05) is 52.7 Å². The number of fused-ring (bicyclic) bond motifs is 2. The van der Waals surface area contributed by atoms with Crippen molar-refractivity contribution in [1.29, 1.82) is 0 Å². The summed E-state index contributed by atoms with van der Waals surface area (Å²) >= 11 is 0. The molecule has 9 heteroatoms. The Morgan fingerprint density at radius 3 is 2.52 bits per heavy atom. The third-order valence-electron chi connectivity index (χ3n) is 5.01. The number of hydrogen-bond donors (Lipinski definition) is 2. The van der Waals surface area contributed by atoms with Crippen molar-refractivity contribution in [3.63, 3.8) is 0 Å². The van der Waals surface area contributed by atoms with E-state index in [0.29, 0.717) is 40.4 Å². The van der Waals surface area contributed by atoms with Crippen LogP contribution >= 0.6 is 0 Å². The molecule has 0 fully saturated rings. The first-order valence-electron chi connectivity index (χ1n) is 9.57. The molecule has 0 aliphatic heterocycles. The molecule has 0 unspecified atom stereocenters.